The zero-order chi connectivity index (χ0) is 12.4. The topological polar surface area (TPSA) is 67.8 Å². The van der Waals surface area contributed by atoms with Gasteiger partial charge in [0.2, 0.25) is 0 Å². The van der Waals surface area contributed by atoms with Crippen LogP contribution in [-0.2, 0) is 14.5 Å². The number of carbonyl (C=O) groups excluding carboxylic acids is 1. The quantitative estimate of drug-likeness (QED) is 0.798. The molecule has 0 aromatic rings. The molecule has 1 N–H and O–H groups in total. The molecule has 0 aliphatic carbocycles. The molecule has 94 valence electrons. The summed E-state index contributed by atoms with van der Waals surface area (Å²) in [4.78, 5) is 11.4. The van der Waals surface area contributed by atoms with Gasteiger partial charge in [-0.05, 0) is 26.7 Å². The first kappa shape index (κ1) is 13.4. The van der Waals surface area contributed by atoms with Crippen molar-refractivity contribution in [3.63, 3.8) is 0 Å². The molecule has 1 aliphatic heterocycles. The fourth-order valence-corrected chi connectivity index (χ4v) is 2.92. The molecule has 0 aromatic carbocycles. The van der Waals surface area contributed by atoms with Crippen molar-refractivity contribution in [2.24, 2.45) is 10.3 Å². The smallest absolute Gasteiger partial charge is 0.442 e. The van der Waals surface area contributed by atoms with Gasteiger partial charge < -0.3 is 10.1 Å². The third kappa shape index (κ3) is 4.94. The van der Waals surface area contributed by atoms with E-state index in [9.17, 15) is 9.00 Å². The second kappa shape index (κ2) is 4.71. The normalized spacial score (nSPS) is 20.8. The Bertz CT molecular complexity index is 374. The minimum absolute atomic E-state index is 0.365. The fourth-order valence-electron chi connectivity index (χ4n) is 1.38. The summed E-state index contributed by atoms with van der Waals surface area (Å²) in [6, 6.07) is 0. The van der Waals surface area contributed by atoms with Gasteiger partial charge in [0.1, 0.15) is 5.60 Å². The maximum atomic E-state index is 12.0. The van der Waals surface area contributed by atoms with Crippen LogP contribution in [-0.4, -0.2) is 41.0 Å². The first-order chi connectivity index (χ1) is 7.18. The van der Waals surface area contributed by atoms with E-state index >= 15 is 0 Å². The molecule has 1 heterocycles. The van der Waals surface area contributed by atoms with Crippen LogP contribution in [0.3, 0.4) is 0 Å². The summed E-state index contributed by atoms with van der Waals surface area (Å²) in [5, 5.41) is 3.09. The number of nitrogens with one attached hydrogen (secondary N) is 1. The summed E-state index contributed by atoms with van der Waals surface area (Å²) in [5.74, 6) is 0.822. The van der Waals surface area contributed by atoms with Crippen molar-refractivity contribution in [1.82, 2.24) is 5.32 Å². The highest BCUT2D eigenvalue weighted by Gasteiger charge is 2.22. The van der Waals surface area contributed by atoms with E-state index in [2.05, 4.69) is 9.68 Å². The molecule has 1 aliphatic rings. The number of ether oxygens (including phenoxy) is 1. The fraction of sp³-hybridized carbons (Fsp3) is 0.900. The Morgan fingerprint density at radius 1 is 1.50 bits per heavy atom. The zero-order valence-corrected chi connectivity index (χ0v) is 11.1. The molecule has 5 nitrogen and oxygen atoms in total. The van der Waals surface area contributed by atoms with Gasteiger partial charge in [0.05, 0.1) is 9.73 Å². The minimum atomic E-state index is -2.45. The lowest BCUT2D eigenvalue weighted by molar-refractivity contribution is 0.0607. The van der Waals surface area contributed by atoms with E-state index in [1.54, 1.807) is 20.8 Å². The van der Waals surface area contributed by atoms with Crippen LogP contribution in [0, 0.1) is 5.92 Å². The first-order valence-electron chi connectivity index (χ1n) is 5.31. The van der Waals surface area contributed by atoms with Gasteiger partial charge in [0.25, 0.3) is 0 Å². The standard InChI is InChI=1S/C10H20N2O3S/c1-10(2,3)15-9(13)12-16(4,14)7-8-5-11-6-8/h8,11H,5-7H2,1-4H3. The number of amides is 1. The van der Waals surface area contributed by atoms with Crippen LogP contribution in [0.4, 0.5) is 4.79 Å². The van der Waals surface area contributed by atoms with Crippen molar-refractivity contribution in [2.75, 3.05) is 25.1 Å². The van der Waals surface area contributed by atoms with E-state index in [4.69, 9.17) is 4.74 Å². The highest BCUT2D eigenvalue weighted by molar-refractivity contribution is 7.93. The molecule has 0 spiro atoms. The predicted molar refractivity (Wildman–Crippen MR) is 64.0 cm³/mol. The second-order valence-electron chi connectivity index (χ2n) is 5.22. The average molecular weight is 248 g/mol. The number of carbonyl (C=O) groups is 1. The van der Waals surface area contributed by atoms with E-state index in [0.717, 1.165) is 13.1 Å². The number of hydrogen-bond donors (Lipinski definition) is 1. The molecule has 0 saturated carbocycles. The first-order valence-corrected chi connectivity index (χ1v) is 7.41. The molecule has 0 bridgehead atoms. The van der Waals surface area contributed by atoms with Crippen LogP contribution < -0.4 is 5.32 Å². The van der Waals surface area contributed by atoms with Gasteiger partial charge in [0, 0.05) is 25.1 Å². The summed E-state index contributed by atoms with van der Waals surface area (Å²) in [6.07, 6.45) is 0.780. The van der Waals surface area contributed by atoms with Gasteiger partial charge in [0.15, 0.2) is 0 Å². The van der Waals surface area contributed by atoms with Crippen LogP contribution in [0.15, 0.2) is 4.36 Å². The largest absolute Gasteiger partial charge is 0.442 e. The van der Waals surface area contributed by atoms with Crippen molar-refractivity contribution in [1.29, 1.82) is 0 Å². The van der Waals surface area contributed by atoms with E-state index < -0.39 is 21.4 Å². The second-order valence-corrected chi connectivity index (χ2v) is 7.66. The third-order valence-corrected chi connectivity index (χ3v) is 3.70. The zero-order valence-electron chi connectivity index (χ0n) is 10.3. The Morgan fingerprint density at radius 2 is 2.06 bits per heavy atom. The number of nitrogens with zero attached hydrogens (tertiary/aromatic N) is 1. The molecule has 1 rings (SSSR count). The Balaban J connectivity index is 2.59. The lowest BCUT2D eigenvalue weighted by Crippen LogP contribution is -2.45. The van der Waals surface area contributed by atoms with Crippen molar-refractivity contribution in [2.45, 2.75) is 26.4 Å². The van der Waals surface area contributed by atoms with Crippen molar-refractivity contribution in [3.8, 4) is 0 Å². The Kier molecular flexibility index (Phi) is 3.96. The molecule has 1 saturated heterocycles. The van der Waals surface area contributed by atoms with E-state index in [1.165, 1.54) is 6.26 Å². The van der Waals surface area contributed by atoms with E-state index in [0.29, 0.717) is 11.7 Å². The maximum Gasteiger partial charge on any atom is 0.442 e. The van der Waals surface area contributed by atoms with Crippen molar-refractivity contribution >= 4 is 15.8 Å². The highest BCUT2D eigenvalue weighted by atomic mass is 32.2. The molecule has 1 fully saturated rings. The Morgan fingerprint density at radius 3 is 2.44 bits per heavy atom. The lowest BCUT2D eigenvalue weighted by atomic mass is 10.1. The Labute approximate surface area is 97.1 Å². The molecule has 1 amide bonds. The molecular weight excluding hydrogens is 228 g/mol. The van der Waals surface area contributed by atoms with Crippen molar-refractivity contribution in [3.05, 3.63) is 0 Å². The van der Waals surface area contributed by atoms with Crippen LogP contribution in [0.25, 0.3) is 0 Å². The predicted octanol–water partition coefficient (Wildman–Crippen LogP) is 1.24. The summed E-state index contributed by atoms with van der Waals surface area (Å²) >= 11 is 0. The summed E-state index contributed by atoms with van der Waals surface area (Å²) in [5.41, 5.74) is -0.589. The van der Waals surface area contributed by atoms with Gasteiger partial charge in [-0.2, -0.15) is 0 Å². The molecule has 16 heavy (non-hydrogen) atoms. The average Bonchev–Trinajstić information content (AvgIpc) is 1.91. The SMILES string of the molecule is CC(C)(C)OC(=O)N=S(C)(=O)CC1CNC1. The molecule has 1 unspecified atom stereocenters. The van der Waals surface area contributed by atoms with Crippen LogP contribution >= 0.6 is 0 Å². The minimum Gasteiger partial charge on any atom is -0.442 e. The van der Waals surface area contributed by atoms with Gasteiger partial charge in [-0.1, -0.05) is 0 Å². The molecule has 1 atom stereocenters. The number of hydrogen-bond acceptors (Lipinski definition) is 4. The van der Waals surface area contributed by atoms with Crippen LogP contribution in [0.2, 0.25) is 0 Å². The van der Waals surface area contributed by atoms with Gasteiger partial charge in [-0.3, -0.25) is 0 Å². The van der Waals surface area contributed by atoms with Crippen molar-refractivity contribution < 1.29 is 13.7 Å². The van der Waals surface area contributed by atoms with Crippen LogP contribution in [0.5, 0.6) is 0 Å². The number of rotatable bonds is 2. The molecular formula is C10H20N2O3S. The molecule has 6 heteroatoms. The highest BCUT2D eigenvalue weighted by Crippen LogP contribution is 2.11. The van der Waals surface area contributed by atoms with E-state index in [-0.39, 0.29) is 0 Å². The summed E-state index contributed by atoms with van der Waals surface area (Å²) < 4.78 is 20.7. The lowest BCUT2D eigenvalue weighted by Gasteiger charge is -2.27. The molecule has 0 aromatic heterocycles. The summed E-state index contributed by atoms with van der Waals surface area (Å²) in [7, 11) is -2.45. The van der Waals surface area contributed by atoms with Gasteiger partial charge in [-0.15, -0.1) is 4.36 Å². The van der Waals surface area contributed by atoms with Crippen LogP contribution in [0.1, 0.15) is 20.8 Å². The van der Waals surface area contributed by atoms with E-state index in [1.807, 2.05) is 0 Å². The monoisotopic (exact) mass is 248 g/mol. The third-order valence-electron chi connectivity index (χ3n) is 2.07. The maximum absolute atomic E-state index is 12.0. The van der Waals surface area contributed by atoms with Gasteiger partial charge in [-0.25, -0.2) is 9.00 Å². The van der Waals surface area contributed by atoms with Gasteiger partial charge >= 0.3 is 6.09 Å². The Hall–Kier alpha value is -0.620. The summed E-state index contributed by atoms with van der Waals surface area (Å²) in [6.45, 7) is 6.98. The molecule has 0 radical (unpaired) electrons.